The second-order valence-corrected chi connectivity index (χ2v) is 4.95. The van der Waals surface area contributed by atoms with E-state index in [1.807, 2.05) is 37.3 Å². The summed E-state index contributed by atoms with van der Waals surface area (Å²) in [5.74, 6) is 1.30. The largest absolute Gasteiger partial charge is 0.487 e. The second-order valence-electron chi connectivity index (χ2n) is 4.95. The summed E-state index contributed by atoms with van der Waals surface area (Å²) in [5, 5.41) is 5.84. The number of para-hydroxylation sites is 2. The maximum Gasteiger partial charge on any atom is 0.239 e. The standard InChI is InChI=1S/C17H20N2O3/c1-13(2)12-22-16-8-4-3-7-15(16)18-11-17(20)19-10-14-6-5-9-21-14/h3-9,18H,1,10-12H2,2H3,(H,19,20). The summed E-state index contributed by atoms with van der Waals surface area (Å²) in [7, 11) is 0. The predicted octanol–water partition coefficient (Wildman–Crippen LogP) is 2.96. The quantitative estimate of drug-likeness (QED) is 0.736. The van der Waals surface area contributed by atoms with Crippen LogP contribution in [0.4, 0.5) is 5.69 Å². The first-order valence-electron chi connectivity index (χ1n) is 7.04. The first kappa shape index (κ1) is 15.7. The van der Waals surface area contributed by atoms with Crippen molar-refractivity contribution in [1.82, 2.24) is 5.32 Å². The highest BCUT2D eigenvalue weighted by atomic mass is 16.5. The minimum absolute atomic E-state index is 0.119. The molecular formula is C17H20N2O3. The molecule has 1 aromatic carbocycles. The Hall–Kier alpha value is -2.69. The monoisotopic (exact) mass is 300 g/mol. The van der Waals surface area contributed by atoms with Crippen LogP contribution in [0, 0.1) is 0 Å². The fourth-order valence-electron chi connectivity index (χ4n) is 1.78. The van der Waals surface area contributed by atoms with Crippen molar-refractivity contribution in [2.45, 2.75) is 13.5 Å². The average Bonchev–Trinajstić information content (AvgIpc) is 3.03. The van der Waals surface area contributed by atoms with Crippen LogP contribution in [-0.2, 0) is 11.3 Å². The van der Waals surface area contributed by atoms with Gasteiger partial charge in [-0.05, 0) is 36.8 Å². The fourth-order valence-corrected chi connectivity index (χ4v) is 1.78. The summed E-state index contributed by atoms with van der Waals surface area (Å²) in [6, 6.07) is 11.1. The van der Waals surface area contributed by atoms with E-state index in [-0.39, 0.29) is 12.5 Å². The molecule has 0 spiro atoms. The van der Waals surface area contributed by atoms with Crippen molar-refractivity contribution in [3.8, 4) is 5.75 Å². The lowest BCUT2D eigenvalue weighted by Crippen LogP contribution is -2.29. The van der Waals surface area contributed by atoms with Gasteiger partial charge in [-0.2, -0.15) is 0 Å². The van der Waals surface area contributed by atoms with Gasteiger partial charge in [0.05, 0.1) is 25.0 Å². The van der Waals surface area contributed by atoms with Crippen LogP contribution < -0.4 is 15.4 Å². The average molecular weight is 300 g/mol. The van der Waals surface area contributed by atoms with Gasteiger partial charge in [0.2, 0.25) is 5.91 Å². The van der Waals surface area contributed by atoms with Gasteiger partial charge in [-0.1, -0.05) is 18.7 Å². The van der Waals surface area contributed by atoms with Crippen LogP contribution >= 0.6 is 0 Å². The highest BCUT2D eigenvalue weighted by molar-refractivity contribution is 5.81. The molecule has 0 aliphatic heterocycles. The summed E-state index contributed by atoms with van der Waals surface area (Å²) in [4.78, 5) is 11.8. The number of benzene rings is 1. The third kappa shape index (κ3) is 5.01. The van der Waals surface area contributed by atoms with E-state index in [4.69, 9.17) is 9.15 Å². The van der Waals surface area contributed by atoms with E-state index in [0.717, 1.165) is 17.0 Å². The zero-order valence-corrected chi connectivity index (χ0v) is 12.6. The van der Waals surface area contributed by atoms with Crippen molar-refractivity contribution >= 4 is 11.6 Å². The van der Waals surface area contributed by atoms with Crippen LogP contribution in [0.15, 0.2) is 59.2 Å². The van der Waals surface area contributed by atoms with E-state index in [1.54, 1.807) is 12.3 Å². The van der Waals surface area contributed by atoms with Gasteiger partial charge in [-0.25, -0.2) is 0 Å². The van der Waals surface area contributed by atoms with Gasteiger partial charge >= 0.3 is 0 Å². The fraction of sp³-hybridized carbons (Fsp3) is 0.235. The maximum absolute atomic E-state index is 11.8. The summed E-state index contributed by atoms with van der Waals surface area (Å²) >= 11 is 0. The molecule has 22 heavy (non-hydrogen) atoms. The van der Waals surface area contributed by atoms with E-state index in [1.165, 1.54) is 0 Å². The van der Waals surface area contributed by atoms with Crippen LogP contribution in [0.2, 0.25) is 0 Å². The molecule has 116 valence electrons. The lowest BCUT2D eigenvalue weighted by Gasteiger charge is -2.13. The summed E-state index contributed by atoms with van der Waals surface area (Å²) in [6.45, 7) is 6.69. The summed E-state index contributed by atoms with van der Waals surface area (Å²) in [5.41, 5.74) is 1.71. The highest BCUT2D eigenvalue weighted by Gasteiger charge is 2.06. The number of carbonyl (C=O) groups excluding carboxylic acids is 1. The van der Waals surface area contributed by atoms with Gasteiger partial charge in [0.25, 0.3) is 0 Å². The van der Waals surface area contributed by atoms with Gasteiger partial charge in [-0.15, -0.1) is 0 Å². The van der Waals surface area contributed by atoms with Crippen molar-refractivity contribution in [3.05, 3.63) is 60.6 Å². The molecule has 1 amide bonds. The smallest absolute Gasteiger partial charge is 0.239 e. The van der Waals surface area contributed by atoms with Crippen molar-refractivity contribution < 1.29 is 13.9 Å². The molecule has 2 N–H and O–H groups in total. The van der Waals surface area contributed by atoms with Crippen molar-refractivity contribution in [3.63, 3.8) is 0 Å². The summed E-state index contributed by atoms with van der Waals surface area (Å²) < 4.78 is 10.8. The van der Waals surface area contributed by atoms with Crippen LogP contribution in [0.3, 0.4) is 0 Å². The van der Waals surface area contributed by atoms with E-state index in [2.05, 4.69) is 17.2 Å². The first-order valence-corrected chi connectivity index (χ1v) is 7.04. The Kier molecular flexibility index (Phi) is 5.65. The highest BCUT2D eigenvalue weighted by Crippen LogP contribution is 2.23. The molecule has 0 unspecified atom stereocenters. The van der Waals surface area contributed by atoms with Gasteiger partial charge < -0.3 is 19.8 Å². The number of carbonyl (C=O) groups is 1. The van der Waals surface area contributed by atoms with Crippen molar-refractivity contribution in [1.29, 1.82) is 0 Å². The Morgan fingerprint density at radius 1 is 1.27 bits per heavy atom. The third-order valence-corrected chi connectivity index (χ3v) is 2.84. The molecule has 0 aliphatic carbocycles. The molecule has 1 heterocycles. The van der Waals surface area contributed by atoms with Crippen molar-refractivity contribution in [2.24, 2.45) is 0 Å². The molecule has 0 saturated carbocycles. The molecule has 5 nitrogen and oxygen atoms in total. The van der Waals surface area contributed by atoms with Gasteiger partial charge in [-0.3, -0.25) is 4.79 Å². The van der Waals surface area contributed by atoms with E-state index < -0.39 is 0 Å². The number of rotatable bonds is 8. The minimum atomic E-state index is -0.119. The Balaban J connectivity index is 1.82. The molecule has 0 atom stereocenters. The molecule has 0 aliphatic rings. The van der Waals surface area contributed by atoms with E-state index in [9.17, 15) is 4.79 Å². The Bertz CT molecular complexity index is 621. The van der Waals surface area contributed by atoms with Gasteiger partial charge in [0.15, 0.2) is 0 Å². The minimum Gasteiger partial charge on any atom is -0.487 e. The second kappa shape index (κ2) is 7.93. The Morgan fingerprint density at radius 3 is 2.82 bits per heavy atom. The first-order chi connectivity index (χ1) is 10.6. The molecular weight excluding hydrogens is 280 g/mol. The molecule has 2 rings (SSSR count). The third-order valence-electron chi connectivity index (χ3n) is 2.84. The van der Waals surface area contributed by atoms with E-state index in [0.29, 0.717) is 18.9 Å². The van der Waals surface area contributed by atoms with Gasteiger partial charge in [0.1, 0.15) is 18.1 Å². The molecule has 1 aromatic heterocycles. The van der Waals surface area contributed by atoms with Crippen molar-refractivity contribution in [2.75, 3.05) is 18.5 Å². The lowest BCUT2D eigenvalue weighted by atomic mass is 10.3. The molecule has 5 heteroatoms. The number of ether oxygens (including phenoxy) is 1. The normalized spacial score (nSPS) is 10.0. The predicted molar refractivity (Wildman–Crippen MR) is 85.8 cm³/mol. The SMILES string of the molecule is C=C(C)COc1ccccc1NCC(=O)NCc1ccco1. The van der Waals surface area contributed by atoms with Crippen LogP contribution in [-0.4, -0.2) is 19.1 Å². The number of hydrogen-bond acceptors (Lipinski definition) is 4. The number of hydrogen-bond donors (Lipinski definition) is 2. The number of anilines is 1. The number of nitrogens with one attached hydrogen (secondary N) is 2. The topological polar surface area (TPSA) is 63.5 Å². The molecule has 0 bridgehead atoms. The zero-order valence-electron chi connectivity index (χ0n) is 12.6. The molecule has 0 saturated heterocycles. The maximum atomic E-state index is 11.8. The lowest BCUT2D eigenvalue weighted by molar-refractivity contribution is -0.119. The van der Waals surface area contributed by atoms with E-state index >= 15 is 0 Å². The Labute approximate surface area is 130 Å². The van der Waals surface area contributed by atoms with Crippen LogP contribution in [0.25, 0.3) is 0 Å². The number of furan rings is 1. The van der Waals surface area contributed by atoms with Gasteiger partial charge in [0, 0.05) is 0 Å². The molecule has 0 fully saturated rings. The van der Waals surface area contributed by atoms with Crippen LogP contribution in [0.1, 0.15) is 12.7 Å². The zero-order chi connectivity index (χ0) is 15.8. The summed E-state index contributed by atoms with van der Waals surface area (Å²) in [6.07, 6.45) is 1.58. The Morgan fingerprint density at radius 2 is 2.09 bits per heavy atom. The molecule has 0 radical (unpaired) electrons. The number of amides is 1. The molecule has 2 aromatic rings. The van der Waals surface area contributed by atoms with Crippen LogP contribution in [0.5, 0.6) is 5.75 Å².